The largest absolute Gasteiger partial charge is 0.408 e. The highest BCUT2D eigenvalue weighted by atomic mass is 28.4. The van der Waals surface area contributed by atoms with Crippen LogP contribution in [0.2, 0.25) is 6.04 Å². The van der Waals surface area contributed by atoms with Gasteiger partial charge >= 0.3 is 8.56 Å². The topological polar surface area (TPSA) is 40.5 Å². The molecule has 3 heteroatoms. The highest BCUT2D eigenvalue weighted by Gasteiger charge is 2.19. The van der Waals surface area contributed by atoms with Crippen molar-refractivity contribution in [3.05, 3.63) is 12.3 Å². The summed E-state index contributed by atoms with van der Waals surface area (Å²) in [6.45, 7) is 4.99. The molecule has 0 amide bonds. The molecule has 0 saturated carbocycles. The molecule has 42 valence electrons. The lowest BCUT2D eigenvalue weighted by Crippen LogP contribution is -2.30. The molecule has 0 aromatic carbocycles. The third kappa shape index (κ3) is 2.56. The third-order valence-corrected chi connectivity index (χ3v) is 2.54. The van der Waals surface area contributed by atoms with Crippen molar-refractivity contribution < 1.29 is 9.59 Å². The van der Waals surface area contributed by atoms with E-state index in [2.05, 4.69) is 6.58 Å². The zero-order chi connectivity index (χ0) is 5.91. The average molecular weight is 118 g/mol. The molecule has 2 N–H and O–H groups in total. The van der Waals surface area contributed by atoms with Crippen LogP contribution < -0.4 is 0 Å². The molecule has 2 nitrogen and oxygen atoms in total. The standard InChI is InChI=1S/C4H10O2Si/c1-3-7(5,6)4-2/h3,5-6H,1,4H2,2H3. The van der Waals surface area contributed by atoms with Gasteiger partial charge in [-0.15, -0.1) is 6.58 Å². The Labute approximate surface area is 44.4 Å². The number of rotatable bonds is 2. The van der Waals surface area contributed by atoms with Crippen molar-refractivity contribution in [3.8, 4) is 0 Å². The Bertz CT molecular complexity index is 70.1. The minimum absolute atomic E-state index is 0.427. The van der Waals surface area contributed by atoms with Crippen molar-refractivity contribution in [3.63, 3.8) is 0 Å². The Morgan fingerprint density at radius 1 is 1.71 bits per heavy atom. The Hall–Kier alpha value is -0.123. The molecule has 7 heavy (non-hydrogen) atoms. The summed E-state index contributed by atoms with van der Waals surface area (Å²) in [5.41, 5.74) is 1.24. The lowest BCUT2D eigenvalue weighted by Gasteiger charge is -2.06. The molecule has 0 radical (unpaired) electrons. The monoisotopic (exact) mass is 118 g/mol. The van der Waals surface area contributed by atoms with Gasteiger partial charge in [0, 0.05) is 0 Å². The summed E-state index contributed by atoms with van der Waals surface area (Å²) in [6, 6.07) is 0.427. The molecule has 0 aliphatic rings. The van der Waals surface area contributed by atoms with Crippen LogP contribution in [0.4, 0.5) is 0 Å². The van der Waals surface area contributed by atoms with Gasteiger partial charge in [0.2, 0.25) is 0 Å². The van der Waals surface area contributed by atoms with Gasteiger partial charge in [-0.05, 0) is 11.7 Å². The summed E-state index contributed by atoms with van der Waals surface area (Å²) >= 11 is 0. The Balaban J connectivity index is 3.58. The maximum atomic E-state index is 8.71. The first-order chi connectivity index (χ1) is 3.12. The van der Waals surface area contributed by atoms with Gasteiger partial charge in [-0.1, -0.05) is 6.92 Å². The predicted octanol–water partition coefficient (Wildman–Crippen LogP) is 0.158. The zero-order valence-corrected chi connectivity index (χ0v) is 5.39. The smallest absolute Gasteiger partial charge is 0.358 e. The molecule has 0 saturated heterocycles. The molecular weight excluding hydrogens is 108 g/mol. The maximum absolute atomic E-state index is 8.71. The molecule has 0 aliphatic heterocycles. The predicted molar refractivity (Wildman–Crippen MR) is 30.9 cm³/mol. The SMILES string of the molecule is C=C[Si](O)(O)CC. The van der Waals surface area contributed by atoms with Crippen molar-refractivity contribution in [2.75, 3.05) is 0 Å². The van der Waals surface area contributed by atoms with Crippen molar-refractivity contribution in [1.29, 1.82) is 0 Å². The van der Waals surface area contributed by atoms with Crippen LogP contribution >= 0.6 is 0 Å². The van der Waals surface area contributed by atoms with E-state index < -0.39 is 8.56 Å². The molecule has 0 fully saturated rings. The van der Waals surface area contributed by atoms with Gasteiger partial charge < -0.3 is 9.59 Å². The first-order valence-electron chi connectivity index (χ1n) is 2.20. The van der Waals surface area contributed by atoms with Gasteiger partial charge in [-0.25, -0.2) is 0 Å². The summed E-state index contributed by atoms with van der Waals surface area (Å²) in [7, 11) is -2.89. The average Bonchev–Trinajstić information content (AvgIpc) is 1.68. The van der Waals surface area contributed by atoms with Gasteiger partial charge in [-0.3, -0.25) is 0 Å². The first kappa shape index (κ1) is 6.88. The van der Waals surface area contributed by atoms with E-state index in [4.69, 9.17) is 9.59 Å². The molecule has 0 aromatic heterocycles. The van der Waals surface area contributed by atoms with Crippen LogP contribution in [0.25, 0.3) is 0 Å². The van der Waals surface area contributed by atoms with Crippen molar-refractivity contribution in [2.24, 2.45) is 0 Å². The summed E-state index contributed by atoms with van der Waals surface area (Å²) < 4.78 is 0. The normalized spacial score (nSPS) is 11.3. The fraction of sp³-hybridized carbons (Fsp3) is 0.500. The zero-order valence-electron chi connectivity index (χ0n) is 4.39. The van der Waals surface area contributed by atoms with E-state index in [1.165, 1.54) is 5.70 Å². The van der Waals surface area contributed by atoms with Crippen LogP contribution in [-0.4, -0.2) is 18.2 Å². The third-order valence-electron chi connectivity index (χ3n) is 0.847. The molecular formula is C4H10O2Si. The summed E-state index contributed by atoms with van der Waals surface area (Å²) in [5.74, 6) is 0. The van der Waals surface area contributed by atoms with E-state index in [9.17, 15) is 0 Å². The molecule has 0 unspecified atom stereocenters. The van der Waals surface area contributed by atoms with Crippen molar-refractivity contribution in [1.82, 2.24) is 0 Å². The highest BCUT2D eigenvalue weighted by molar-refractivity contribution is 6.69. The lowest BCUT2D eigenvalue weighted by molar-refractivity contribution is 0.380. The highest BCUT2D eigenvalue weighted by Crippen LogP contribution is 1.98. The van der Waals surface area contributed by atoms with E-state index in [0.717, 1.165) is 0 Å². The quantitative estimate of drug-likeness (QED) is 0.507. The van der Waals surface area contributed by atoms with Gasteiger partial charge in [0.05, 0.1) is 0 Å². The Morgan fingerprint density at radius 2 is 2.14 bits per heavy atom. The summed E-state index contributed by atoms with van der Waals surface area (Å²) in [5, 5.41) is 0. The van der Waals surface area contributed by atoms with E-state index in [1.54, 1.807) is 6.92 Å². The Morgan fingerprint density at radius 3 is 2.14 bits per heavy atom. The molecule has 0 aromatic rings. The van der Waals surface area contributed by atoms with Crippen LogP contribution in [0.3, 0.4) is 0 Å². The van der Waals surface area contributed by atoms with Crippen LogP contribution in [0.5, 0.6) is 0 Å². The van der Waals surface area contributed by atoms with Crippen molar-refractivity contribution >= 4 is 8.56 Å². The Kier molecular flexibility index (Phi) is 2.21. The summed E-state index contributed by atoms with van der Waals surface area (Å²) in [4.78, 5) is 17.4. The van der Waals surface area contributed by atoms with E-state index >= 15 is 0 Å². The fourth-order valence-corrected chi connectivity index (χ4v) is 0.433. The van der Waals surface area contributed by atoms with Crippen LogP contribution in [0.1, 0.15) is 6.92 Å². The van der Waals surface area contributed by atoms with Crippen molar-refractivity contribution in [2.45, 2.75) is 13.0 Å². The van der Waals surface area contributed by atoms with Gasteiger partial charge in [0.25, 0.3) is 0 Å². The van der Waals surface area contributed by atoms with E-state index in [1.807, 2.05) is 0 Å². The second-order valence-corrected chi connectivity index (χ2v) is 4.31. The first-order valence-corrected chi connectivity index (χ1v) is 4.38. The molecule has 0 aliphatic carbocycles. The van der Waals surface area contributed by atoms with Gasteiger partial charge in [0.1, 0.15) is 0 Å². The van der Waals surface area contributed by atoms with Gasteiger partial charge in [-0.2, -0.15) is 0 Å². The van der Waals surface area contributed by atoms with E-state index in [0.29, 0.717) is 6.04 Å². The lowest BCUT2D eigenvalue weighted by atomic mass is 11.0. The second kappa shape index (κ2) is 2.25. The molecule has 0 spiro atoms. The molecule has 0 bridgehead atoms. The second-order valence-electron chi connectivity index (χ2n) is 1.44. The number of hydrogen-bond donors (Lipinski definition) is 2. The van der Waals surface area contributed by atoms with E-state index in [-0.39, 0.29) is 0 Å². The molecule has 0 atom stereocenters. The minimum atomic E-state index is -2.89. The van der Waals surface area contributed by atoms with Crippen LogP contribution in [-0.2, 0) is 0 Å². The van der Waals surface area contributed by atoms with Crippen LogP contribution in [0, 0.1) is 0 Å². The minimum Gasteiger partial charge on any atom is -0.408 e. The fourth-order valence-electron chi connectivity index (χ4n) is 0.144. The maximum Gasteiger partial charge on any atom is 0.358 e. The summed E-state index contributed by atoms with van der Waals surface area (Å²) in [6.07, 6.45) is 0. The molecule has 0 heterocycles. The number of hydrogen-bond acceptors (Lipinski definition) is 2. The molecule has 0 rings (SSSR count). The van der Waals surface area contributed by atoms with Crippen LogP contribution in [0.15, 0.2) is 12.3 Å². The van der Waals surface area contributed by atoms with Gasteiger partial charge in [0.15, 0.2) is 0 Å².